The summed E-state index contributed by atoms with van der Waals surface area (Å²) in [4.78, 5) is 55.6. The normalized spacial score (nSPS) is 18.8. The number of amides is 3. The van der Waals surface area contributed by atoms with Crippen LogP contribution in [0.5, 0.6) is 0 Å². The smallest absolute Gasteiger partial charge is 0.322 e. The van der Waals surface area contributed by atoms with Crippen LogP contribution in [0.4, 0.5) is 0 Å². The van der Waals surface area contributed by atoms with Gasteiger partial charge in [-0.15, -0.1) is 0 Å². The van der Waals surface area contributed by atoms with E-state index in [-0.39, 0.29) is 24.3 Å². The molecule has 0 bridgehead atoms. The summed E-state index contributed by atoms with van der Waals surface area (Å²) in [6.45, 7) is 3.86. The van der Waals surface area contributed by atoms with Gasteiger partial charge in [-0.3, -0.25) is 19.2 Å². The number of hydrogen-bond donors (Lipinski definition) is 6. The van der Waals surface area contributed by atoms with Crippen molar-refractivity contribution >= 4 is 23.7 Å². The van der Waals surface area contributed by atoms with E-state index in [1.54, 1.807) is 13.1 Å². The number of nitrogens with zero attached hydrogens (tertiary/aromatic N) is 1. The molecule has 2 heterocycles. The lowest BCUT2D eigenvalue weighted by atomic mass is 9.97. The Bertz CT molecular complexity index is 732. The second-order valence-corrected chi connectivity index (χ2v) is 7.47. The van der Waals surface area contributed by atoms with Crippen LogP contribution in [0.1, 0.15) is 38.8 Å². The third-order valence-corrected chi connectivity index (χ3v) is 5.20. The molecule has 1 aliphatic rings. The number of aromatic nitrogens is 2. The van der Waals surface area contributed by atoms with Crippen molar-refractivity contribution in [3.05, 3.63) is 18.2 Å². The Balaban J connectivity index is 2.11. The zero-order valence-electron chi connectivity index (χ0n) is 17.2. The van der Waals surface area contributed by atoms with E-state index in [9.17, 15) is 19.2 Å². The first-order valence-corrected chi connectivity index (χ1v) is 10.1. The largest absolute Gasteiger partial charge is 0.480 e. The lowest BCUT2D eigenvalue weighted by Gasteiger charge is -2.26. The Labute approximate surface area is 174 Å². The molecular formula is C19H30N6O5. The maximum atomic E-state index is 13.0. The average molecular weight is 422 g/mol. The van der Waals surface area contributed by atoms with Gasteiger partial charge in [0, 0.05) is 18.3 Å². The minimum atomic E-state index is -1.17. The molecule has 1 aromatic heterocycles. The third-order valence-electron chi connectivity index (χ3n) is 5.20. The van der Waals surface area contributed by atoms with Gasteiger partial charge in [0.25, 0.3) is 0 Å². The number of hydrogen-bond acceptors (Lipinski definition) is 6. The minimum absolute atomic E-state index is 0.175. The molecule has 1 aromatic rings. The summed E-state index contributed by atoms with van der Waals surface area (Å²) in [6, 6.07) is -2.20. The predicted octanol–water partition coefficient (Wildman–Crippen LogP) is -1.08. The topological polar surface area (TPSA) is 165 Å². The third kappa shape index (κ3) is 6.83. The molecular weight excluding hydrogens is 392 g/mol. The van der Waals surface area contributed by atoms with Gasteiger partial charge in [0.05, 0.1) is 12.4 Å². The van der Waals surface area contributed by atoms with Gasteiger partial charge in [0.2, 0.25) is 17.7 Å². The number of aliphatic carboxylic acids is 1. The van der Waals surface area contributed by atoms with Crippen molar-refractivity contribution in [1.29, 1.82) is 0 Å². The quantitative estimate of drug-likeness (QED) is 0.264. The van der Waals surface area contributed by atoms with Crippen LogP contribution >= 0.6 is 0 Å². The SMILES string of the molecule is CCC(C)C(NC(=O)C(Cc1cnc[nH]1)NC(=O)C1CCCN1)C(=O)NCC(=O)O. The van der Waals surface area contributed by atoms with E-state index in [2.05, 4.69) is 31.2 Å². The highest BCUT2D eigenvalue weighted by Crippen LogP contribution is 2.10. The zero-order chi connectivity index (χ0) is 22.1. The van der Waals surface area contributed by atoms with Gasteiger partial charge in [-0.1, -0.05) is 20.3 Å². The number of carbonyl (C=O) groups excluding carboxylic acids is 3. The summed E-state index contributed by atoms with van der Waals surface area (Å²) in [6.07, 6.45) is 5.38. The number of nitrogens with one attached hydrogen (secondary N) is 5. The van der Waals surface area contributed by atoms with E-state index < -0.39 is 36.4 Å². The van der Waals surface area contributed by atoms with Crippen molar-refractivity contribution in [2.75, 3.05) is 13.1 Å². The Morgan fingerprint density at radius 2 is 2.03 bits per heavy atom. The standard InChI is InChI=1S/C19H30N6O5/c1-3-11(2)16(19(30)22-9-15(26)27)25-18(29)14(7-12-8-20-10-23-12)24-17(28)13-5-4-6-21-13/h8,10-11,13-14,16,21H,3-7,9H2,1-2H3,(H,20,23)(H,22,30)(H,24,28)(H,25,29)(H,26,27). The second-order valence-electron chi connectivity index (χ2n) is 7.47. The molecule has 1 aliphatic heterocycles. The fourth-order valence-electron chi connectivity index (χ4n) is 3.23. The van der Waals surface area contributed by atoms with E-state index in [0.29, 0.717) is 18.5 Å². The number of rotatable bonds is 11. The fourth-order valence-corrected chi connectivity index (χ4v) is 3.23. The summed E-state index contributed by atoms with van der Waals surface area (Å²) < 4.78 is 0. The molecule has 6 N–H and O–H groups in total. The Morgan fingerprint density at radius 1 is 1.27 bits per heavy atom. The Hall–Kier alpha value is -2.95. The molecule has 0 saturated carbocycles. The summed E-state index contributed by atoms with van der Waals surface area (Å²) in [7, 11) is 0. The maximum Gasteiger partial charge on any atom is 0.322 e. The van der Waals surface area contributed by atoms with E-state index in [0.717, 1.165) is 13.0 Å². The molecule has 1 fully saturated rings. The molecule has 3 amide bonds. The van der Waals surface area contributed by atoms with E-state index in [4.69, 9.17) is 5.11 Å². The molecule has 0 aliphatic carbocycles. The molecule has 0 spiro atoms. The highest BCUT2D eigenvalue weighted by atomic mass is 16.4. The molecule has 1 saturated heterocycles. The monoisotopic (exact) mass is 422 g/mol. The van der Waals surface area contributed by atoms with Crippen LogP contribution in [-0.4, -0.2) is 70.0 Å². The number of carboxylic acids is 1. The number of carbonyl (C=O) groups is 4. The summed E-state index contributed by atoms with van der Waals surface area (Å²) in [5, 5.41) is 19.6. The van der Waals surface area contributed by atoms with Crippen LogP contribution in [0.3, 0.4) is 0 Å². The van der Waals surface area contributed by atoms with Gasteiger partial charge in [0.15, 0.2) is 0 Å². The molecule has 4 atom stereocenters. The van der Waals surface area contributed by atoms with Gasteiger partial charge < -0.3 is 31.4 Å². The van der Waals surface area contributed by atoms with Crippen LogP contribution in [0, 0.1) is 5.92 Å². The van der Waals surface area contributed by atoms with Crippen molar-refractivity contribution in [2.24, 2.45) is 5.92 Å². The number of H-pyrrole nitrogens is 1. The first-order chi connectivity index (χ1) is 14.3. The maximum absolute atomic E-state index is 13.0. The molecule has 11 heteroatoms. The summed E-state index contributed by atoms with van der Waals surface area (Å²) in [5.41, 5.74) is 0.658. The first kappa shape index (κ1) is 23.3. The van der Waals surface area contributed by atoms with Crippen molar-refractivity contribution in [3.63, 3.8) is 0 Å². The molecule has 2 rings (SSSR count). The van der Waals surface area contributed by atoms with Gasteiger partial charge >= 0.3 is 5.97 Å². The lowest BCUT2D eigenvalue weighted by molar-refractivity contribution is -0.139. The molecule has 0 radical (unpaired) electrons. The van der Waals surface area contributed by atoms with Crippen molar-refractivity contribution in [2.45, 2.75) is 57.7 Å². The molecule has 30 heavy (non-hydrogen) atoms. The number of carboxylic acid groups (broad SMARTS) is 1. The highest BCUT2D eigenvalue weighted by Gasteiger charge is 2.32. The van der Waals surface area contributed by atoms with Gasteiger partial charge in [-0.25, -0.2) is 4.98 Å². The van der Waals surface area contributed by atoms with E-state index in [1.807, 2.05) is 6.92 Å². The zero-order valence-corrected chi connectivity index (χ0v) is 17.2. The number of imidazole rings is 1. The van der Waals surface area contributed by atoms with Crippen LogP contribution in [0.25, 0.3) is 0 Å². The van der Waals surface area contributed by atoms with Crippen LogP contribution in [0.15, 0.2) is 12.5 Å². The van der Waals surface area contributed by atoms with Gasteiger partial charge in [-0.05, 0) is 25.3 Å². The van der Waals surface area contributed by atoms with E-state index in [1.165, 1.54) is 6.33 Å². The second kappa shape index (κ2) is 11.3. The fraction of sp³-hybridized carbons (Fsp3) is 0.632. The minimum Gasteiger partial charge on any atom is -0.480 e. The van der Waals surface area contributed by atoms with E-state index >= 15 is 0 Å². The summed E-state index contributed by atoms with van der Waals surface area (Å²) in [5.74, 6) is -2.78. The molecule has 166 valence electrons. The summed E-state index contributed by atoms with van der Waals surface area (Å²) >= 11 is 0. The predicted molar refractivity (Wildman–Crippen MR) is 107 cm³/mol. The van der Waals surface area contributed by atoms with Crippen LogP contribution in [-0.2, 0) is 25.6 Å². The van der Waals surface area contributed by atoms with Gasteiger partial charge in [-0.2, -0.15) is 0 Å². The van der Waals surface area contributed by atoms with Crippen molar-refractivity contribution in [1.82, 2.24) is 31.2 Å². The highest BCUT2D eigenvalue weighted by molar-refractivity contribution is 5.94. The molecule has 0 aromatic carbocycles. The van der Waals surface area contributed by atoms with Crippen molar-refractivity contribution < 1.29 is 24.3 Å². The first-order valence-electron chi connectivity index (χ1n) is 10.1. The molecule has 11 nitrogen and oxygen atoms in total. The van der Waals surface area contributed by atoms with Gasteiger partial charge in [0.1, 0.15) is 18.6 Å². The van der Waals surface area contributed by atoms with Crippen molar-refractivity contribution in [3.8, 4) is 0 Å². The Morgan fingerprint density at radius 3 is 2.60 bits per heavy atom. The van der Waals surface area contributed by atoms with Crippen LogP contribution in [0.2, 0.25) is 0 Å². The van der Waals surface area contributed by atoms with Crippen LogP contribution < -0.4 is 21.3 Å². The molecule has 4 unspecified atom stereocenters. The number of aromatic amines is 1. The lowest BCUT2D eigenvalue weighted by Crippen LogP contribution is -2.58. The Kier molecular flexibility index (Phi) is 8.78. The average Bonchev–Trinajstić information content (AvgIpc) is 3.42.